The molecule has 0 spiro atoms. The van der Waals surface area contributed by atoms with Gasteiger partial charge in [-0.3, -0.25) is 33.6 Å². The summed E-state index contributed by atoms with van der Waals surface area (Å²) in [6.07, 6.45) is -1.91. The molecule has 0 radical (unpaired) electrons. The molecule has 0 saturated carbocycles. The Balaban J connectivity index is 2.29. The quantitative estimate of drug-likeness (QED) is 0.0691. The molecular weight excluding hydrogens is 744 g/mol. The molecule has 7 atom stereocenters. The summed E-state index contributed by atoms with van der Waals surface area (Å²) in [5, 5.41) is 50.4. The van der Waals surface area contributed by atoms with E-state index in [1.165, 1.54) is 24.3 Å². The molecule has 2 aromatic rings. The van der Waals surface area contributed by atoms with Crippen molar-refractivity contribution < 1.29 is 58.8 Å². The van der Waals surface area contributed by atoms with Gasteiger partial charge in [0, 0.05) is 19.3 Å². The number of carbonyl (C=O) groups is 8. The third-order valence-corrected chi connectivity index (χ3v) is 9.23. The van der Waals surface area contributed by atoms with Gasteiger partial charge in [0.25, 0.3) is 0 Å². The lowest BCUT2D eigenvalue weighted by atomic mass is 9.95. The number of phenols is 1. The fourth-order valence-corrected chi connectivity index (χ4v) is 5.65. The van der Waals surface area contributed by atoms with Crippen LogP contribution in [0.25, 0.3) is 0 Å². The first-order valence-electron chi connectivity index (χ1n) is 18.6. The van der Waals surface area contributed by atoms with Crippen molar-refractivity contribution in [3.8, 4) is 5.75 Å². The van der Waals surface area contributed by atoms with E-state index >= 15 is 0 Å². The summed E-state index contributed by atoms with van der Waals surface area (Å²) < 4.78 is 0. The number of amides is 5. The number of carboxylic acid groups (broad SMARTS) is 3. The van der Waals surface area contributed by atoms with Crippen LogP contribution < -0.4 is 32.3 Å². The summed E-state index contributed by atoms with van der Waals surface area (Å²) in [6.45, 7) is 6.76. The molecule has 2 aromatic carbocycles. The van der Waals surface area contributed by atoms with E-state index in [2.05, 4.69) is 26.6 Å². The Morgan fingerprint density at radius 1 is 0.579 bits per heavy atom. The van der Waals surface area contributed by atoms with Crippen molar-refractivity contribution in [2.45, 2.75) is 109 Å². The van der Waals surface area contributed by atoms with Gasteiger partial charge in [-0.15, -0.1) is 0 Å². The second-order valence-corrected chi connectivity index (χ2v) is 14.2. The summed E-state index contributed by atoms with van der Waals surface area (Å²) in [7, 11) is 0. The SMILES string of the molecule is CC[C@H](C)[C@H](NC(=O)[C@@H](NC(=O)[C@@H](N)Cc1ccccc1)C(C)C)C(=O)N[C@@H](CCC(=O)O)C(=O)N[C@@H](CCC(=O)O)C(=O)N[C@@H](Cc1ccc(O)cc1)C(=O)O. The van der Waals surface area contributed by atoms with E-state index in [9.17, 15) is 58.8 Å². The standard InChI is InChI=1S/C39H54N6O12/c1-5-22(4)33(45-37(54)32(21(2)3)44-34(51)26(40)19-23-9-7-6-8-10-23)38(55)42-28(16-18-31(49)50)35(52)41-27(15-17-30(47)48)36(53)43-29(39(56)57)20-24-11-13-25(46)14-12-24/h6-14,21-22,26-29,32-33,46H,5,15-20,40H2,1-4H3,(H,41,52)(H,42,55)(H,43,53)(H,44,51)(H,45,54)(H,47,48)(H,49,50)(H,56,57)/t22-,26-,27-,28-,29-,32-,33-/m0/s1. The zero-order valence-corrected chi connectivity index (χ0v) is 32.4. The van der Waals surface area contributed by atoms with Gasteiger partial charge in [0.05, 0.1) is 6.04 Å². The van der Waals surface area contributed by atoms with Gasteiger partial charge < -0.3 is 52.7 Å². The molecule has 5 amide bonds. The minimum Gasteiger partial charge on any atom is -0.508 e. The van der Waals surface area contributed by atoms with Gasteiger partial charge in [0.15, 0.2) is 0 Å². The first kappa shape index (κ1) is 47.1. The molecule has 18 nitrogen and oxygen atoms in total. The normalized spacial score (nSPS) is 14.7. The maximum Gasteiger partial charge on any atom is 0.326 e. The molecule has 0 bridgehead atoms. The van der Waals surface area contributed by atoms with Crippen LogP contribution in [0.5, 0.6) is 5.75 Å². The second kappa shape index (κ2) is 23.1. The molecule has 312 valence electrons. The zero-order valence-electron chi connectivity index (χ0n) is 32.4. The molecule has 0 saturated heterocycles. The Bertz CT molecular complexity index is 1700. The van der Waals surface area contributed by atoms with Crippen molar-refractivity contribution in [3.63, 3.8) is 0 Å². The predicted molar refractivity (Wildman–Crippen MR) is 205 cm³/mol. The zero-order chi connectivity index (χ0) is 42.8. The van der Waals surface area contributed by atoms with E-state index in [-0.39, 0.29) is 18.6 Å². The summed E-state index contributed by atoms with van der Waals surface area (Å²) in [6, 6.07) is 6.37. The van der Waals surface area contributed by atoms with Crippen LogP contribution in [0.15, 0.2) is 54.6 Å². The number of carbonyl (C=O) groups excluding carboxylic acids is 5. The summed E-state index contributed by atoms with van der Waals surface area (Å²) in [5.41, 5.74) is 7.37. The number of nitrogens with one attached hydrogen (secondary N) is 5. The van der Waals surface area contributed by atoms with E-state index in [0.717, 1.165) is 5.56 Å². The Kier molecular flexibility index (Phi) is 19.1. The molecule has 0 aliphatic heterocycles. The number of hydrogen-bond acceptors (Lipinski definition) is 10. The number of carboxylic acids is 3. The molecule has 0 aliphatic rings. The van der Waals surface area contributed by atoms with Gasteiger partial charge in [-0.05, 0) is 54.4 Å². The lowest BCUT2D eigenvalue weighted by molar-refractivity contribution is -0.143. The van der Waals surface area contributed by atoms with Crippen molar-refractivity contribution in [2.75, 3.05) is 0 Å². The van der Waals surface area contributed by atoms with Crippen LogP contribution in [0.4, 0.5) is 0 Å². The van der Waals surface area contributed by atoms with Crippen LogP contribution in [0.2, 0.25) is 0 Å². The van der Waals surface area contributed by atoms with Gasteiger partial charge in [-0.25, -0.2) is 4.79 Å². The molecule has 11 N–H and O–H groups in total. The van der Waals surface area contributed by atoms with Crippen LogP contribution >= 0.6 is 0 Å². The first-order valence-corrected chi connectivity index (χ1v) is 18.6. The molecular formula is C39H54N6O12. The molecule has 57 heavy (non-hydrogen) atoms. The van der Waals surface area contributed by atoms with Crippen LogP contribution in [0, 0.1) is 11.8 Å². The minimum atomic E-state index is -1.63. The molecule has 0 aliphatic carbocycles. The predicted octanol–water partition coefficient (Wildman–Crippen LogP) is 0.445. The average molecular weight is 799 g/mol. The van der Waals surface area contributed by atoms with Gasteiger partial charge in [-0.2, -0.15) is 0 Å². The highest BCUT2D eigenvalue weighted by atomic mass is 16.4. The van der Waals surface area contributed by atoms with Crippen molar-refractivity contribution in [3.05, 3.63) is 65.7 Å². The maximum absolute atomic E-state index is 13.8. The lowest BCUT2D eigenvalue weighted by Gasteiger charge is -2.30. The van der Waals surface area contributed by atoms with Crippen LogP contribution in [0.1, 0.15) is 70.9 Å². The van der Waals surface area contributed by atoms with E-state index < -0.39 is 121 Å². The van der Waals surface area contributed by atoms with Crippen molar-refractivity contribution >= 4 is 47.4 Å². The smallest absolute Gasteiger partial charge is 0.326 e. The Labute approximate surface area is 330 Å². The lowest BCUT2D eigenvalue weighted by Crippen LogP contribution is -2.61. The van der Waals surface area contributed by atoms with E-state index in [0.29, 0.717) is 12.0 Å². The van der Waals surface area contributed by atoms with Crippen molar-refractivity contribution in [2.24, 2.45) is 17.6 Å². The third-order valence-electron chi connectivity index (χ3n) is 9.23. The molecule has 0 heterocycles. The monoisotopic (exact) mass is 798 g/mol. The molecule has 0 aromatic heterocycles. The topological polar surface area (TPSA) is 304 Å². The fraction of sp³-hybridized carbons (Fsp3) is 0.487. The summed E-state index contributed by atoms with van der Waals surface area (Å²) in [4.78, 5) is 103. The highest BCUT2D eigenvalue weighted by Gasteiger charge is 2.35. The first-order chi connectivity index (χ1) is 26.8. The van der Waals surface area contributed by atoms with Crippen LogP contribution in [0.3, 0.4) is 0 Å². The highest BCUT2D eigenvalue weighted by molar-refractivity contribution is 5.96. The van der Waals surface area contributed by atoms with Gasteiger partial charge >= 0.3 is 17.9 Å². The number of nitrogens with two attached hydrogens (primary N) is 1. The minimum absolute atomic E-state index is 0.0721. The average Bonchev–Trinajstić information content (AvgIpc) is 3.15. The van der Waals surface area contributed by atoms with Gasteiger partial charge in [-0.1, -0.05) is 76.6 Å². The number of benzene rings is 2. The fourth-order valence-electron chi connectivity index (χ4n) is 5.65. The highest BCUT2D eigenvalue weighted by Crippen LogP contribution is 2.14. The number of aliphatic carboxylic acids is 3. The van der Waals surface area contributed by atoms with Crippen LogP contribution in [-0.4, -0.2) is 104 Å². The van der Waals surface area contributed by atoms with Gasteiger partial charge in [0.1, 0.15) is 36.0 Å². The van der Waals surface area contributed by atoms with E-state index in [1.54, 1.807) is 52.0 Å². The van der Waals surface area contributed by atoms with Crippen molar-refractivity contribution in [1.29, 1.82) is 0 Å². The summed E-state index contributed by atoms with van der Waals surface area (Å²) >= 11 is 0. The molecule has 0 fully saturated rings. The second-order valence-electron chi connectivity index (χ2n) is 14.2. The molecule has 2 rings (SSSR count). The Morgan fingerprint density at radius 3 is 1.51 bits per heavy atom. The number of rotatable bonds is 24. The molecule has 18 heteroatoms. The molecule has 0 unspecified atom stereocenters. The Morgan fingerprint density at radius 2 is 1.04 bits per heavy atom. The van der Waals surface area contributed by atoms with E-state index in [1.807, 2.05) is 6.07 Å². The number of phenolic OH excluding ortho intramolecular Hbond substituents is 1. The third kappa shape index (κ3) is 16.3. The summed E-state index contributed by atoms with van der Waals surface area (Å²) in [5.74, 6) is -9.52. The van der Waals surface area contributed by atoms with Crippen molar-refractivity contribution in [1.82, 2.24) is 26.6 Å². The van der Waals surface area contributed by atoms with E-state index in [4.69, 9.17) is 5.73 Å². The number of aromatic hydroxyl groups is 1. The largest absolute Gasteiger partial charge is 0.508 e. The number of hydrogen-bond donors (Lipinski definition) is 10. The van der Waals surface area contributed by atoms with Gasteiger partial charge in [0.2, 0.25) is 29.5 Å². The maximum atomic E-state index is 13.8. The Hall–Kier alpha value is -6.04. The van der Waals surface area contributed by atoms with Crippen LogP contribution in [-0.2, 0) is 51.2 Å².